The summed E-state index contributed by atoms with van der Waals surface area (Å²) in [5.74, 6) is 0.130. The number of amides is 1. The molecule has 1 aromatic rings. The zero-order chi connectivity index (χ0) is 13.0. The average molecular weight is 249 g/mol. The maximum Gasteiger partial charge on any atom is 0.226 e. The molecule has 18 heavy (non-hydrogen) atoms. The van der Waals surface area contributed by atoms with E-state index in [2.05, 4.69) is 10.4 Å². The molecule has 1 aliphatic carbocycles. The molecule has 4 nitrogen and oxygen atoms in total. The fourth-order valence-electron chi connectivity index (χ4n) is 2.70. The van der Waals surface area contributed by atoms with Crippen LogP contribution in [-0.4, -0.2) is 21.7 Å². The van der Waals surface area contributed by atoms with Crippen LogP contribution in [0.2, 0.25) is 0 Å². The molecule has 4 heteroatoms. The molecule has 0 aromatic carbocycles. The standard InChI is InChI=1S/C14H23N3O/c1-11-9-13(17(2)16-11)10-14(18)15-12-7-5-3-4-6-8-12/h9,12H,3-8,10H2,1-2H3,(H,15,18). The summed E-state index contributed by atoms with van der Waals surface area (Å²) in [6, 6.07) is 2.36. The lowest BCUT2D eigenvalue weighted by Crippen LogP contribution is -2.35. The number of aryl methyl sites for hydroxylation is 2. The molecule has 1 fully saturated rings. The number of hydrogen-bond acceptors (Lipinski definition) is 2. The van der Waals surface area contributed by atoms with Crippen molar-refractivity contribution >= 4 is 5.91 Å². The monoisotopic (exact) mass is 249 g/mol. The Labute approximate surface area is 109 Å². The van der Waals surface area contributed by atoms with E-state index in [0.717, 1.165) is 24.2 Å². The molecule has 1 amide bonds. The molecule has 2 rings (SSSR count). The van der Waals surface area contributed by atoms with Gasteiger partial charge in [-0.3, -0.25) is 9.48 Å². The van der Waals surface area contributed by atoms with Gasteiger partial charge < -0.3 is 5.32 Å². The lowest BCUT2D eigenvalue weighted by atomic mass is 10.1. The molecule has 0 spiro atoms. The van der Waals surface area contributed by atoms with Crippen LogP contribution in [0.15, 0.2) is 6.07 Å². The third-order valence-corrected chi connectivity index (χ3v) is 3.66. The first kappa shape index (κ1) is 13.1. The Morgan fingerprint density at radius 1 is 1.39 bits per heavy atom. The summed E-state index contributed by atoms with van der Waals surface area (Å²) in [4.78, 5) is 12.0. The number of rotatable bonds is 3. The minimum atomic E-state index is 0.130. The van der Waals surface area contributed by atoms with E-state index in [1.807, 2.05) is 20.0 Å². The fraction of sp³-hybridized carbons (Fsp3) is 0.714. The molecule has 1 heterocycles. The zero-order valence-electron chi connectivity index (χ0n) is 11.4. The zero-order valence-corrected chi connectivity index (χ0v) is 11.4. The Morgan fingerprint density at radius 3 is 2.61 bits per heavy atom. The van der Waals surface area contributed by atoms with Gasteiger partial charge in [-0.2, -0.15) is 5.10 Å². The molecule has 0 saturated heterocycles. The van der Waals surface area contributed by atoms with Crippen molar-refractivity contribution in [1.29, 1.82) is 0 Å². The topological polar surface area (TPSA) is 46.9 Å². The third kappa shape index (κ3) is 3.59. The van der Waals surface area contributed by atoms with E-state index in [4.69, 9.17) is 0 Å². The summed E-state index contributed by atoms with van der Waals surface area (Å²) in [7, 11) is 1.89. The van der Waals surface area contributed by atoms with Crippen molar-refractivity contribution in [3.8, 4) is 0 Å². The van der Waals surface area contributed by atoms with E-state index in [1.54, 1.807) is 4.68 Å². The highest BCUT2D eigenvalue weighted by Crippen LogP contribution is 2.17. The number of carbonyl (C=O) groups is 1. The largest absolute Gasteiger partial charge is 0.353 e. The highest BCUT2D eigenvalue weighted by atomic mass is 16.1. The van der Waals surface area contributed by atoms with Crippen LogP contribution in [0, 0.1) is 6.92 Å². The van der Waals surface area contributed by atoms with Gasteiger partial charge >= 0.3 is 0 Å². The summed E-state index contributed by atoms with van der Waals surface area (Å²) in [5, 5.41) is 7.43. The first-order valence-electron chi connectivity index (χ1n) is 6.94. The first-order chi connectivity index (χ1) is 8.65. The van der Waals surface area contributed by atoms with Crippen molar-refractivity contribution in [3.05, 3.63) is 17.5 Å². The van der Waals surface area contributed by atoms with Crippen molar-refractivity contribution in [2.45, 2.75) is 57.9 Å². The van der Waals surface area contributed by atoms with Crippen molar-refractivity contribution in [1.82, 2.24) is 15.1 Å². The van der Waals surface area contributed by atoms with Crippen LogP contribution in [-0.2, 0) is 18.3 Å². The van der Waals surface area contributed by atoms with Crippen molar-refractivity contribution < 1.29 is 4.79 Å². The van der Waals surface area contributed by atoms with Gasteiger partial charge in [-0.25, -0.2) is 0 Å². The van der Waals surface area contributed by atoms with E-state index in [1.165, 1.54) is 25.7 Å². The van der Waals surface area contributed by atoms with Crippen LogP contribution in [0.4, 0.5) is 0 Å². The molecule has 0 bridgehead atoms. The van der Waals surface area contributed by atoms with Crippen LogP contribution >= 0.6 is 0 Å². The maximum atomic E-state index is 12.0. The van der Waals surface area contributed by atoms with Gasteiger partial charge in [0, 0.05) is 18.8 Å². The van der Waals surface area contributed by atoms with E-state index in [9.17, 15) is 4.79 Å². The Morgan fingerprint density at radius 2 is 2.06 bits per heavy atom. The summed E-state index contributed by atoms with van der Waals surface area (Å²) >= 11 is 0. The van der Waals surface area contributed by atoms with E-state index >= 15 is 0 Å². The number of carbonyl (C=O) groups excluding carboxylic acids is 1. The van der Waals surface area contributed by atoms with Gasteiger partial charge in [0.15, 0.2) is 0 Å². The molecule has 0 atom stereocenters. The SMILES string of the molecule is Cc1cc(CC(=O)NC2CCCCCC2)n(C)n1. The predicted molar refractivity (Wildman–Crippen MR) is 71.3 cm³/mol. The highest BCUT2D eigenvalue weighted by Gasteiger charge is 2.15. The Balaban J connectivity index is 1.86. The number of nitrogens with zero attached hydrogens (tertiary/aromatic N) is 2. The van der Waals surface area contributed by atoms with E-state index in [0.29, 0.717) is 12.5 Å². The van der Waals surface area contributed by atoms with Crippen LogP contribution in [0.25, 0.3) is 0 Å². The van der Waals surface area contributed by atoms with Crippen molar-refractivity contribution in [2.24, 2.45) is 7.05 Å². The molecule has 0 unspecified atom stereocenters. The molecular weight excluding hydrogens is 226 g/mol. The first-order valence-corrected chi connectivity index (χ1v) is 6.94. The Bertz CT molecular complexity index is 403. The second-order valence-corrected chi connectivity index (χ2v) is 5.33. The van der Waals surface area contributed by atoms with Gasteiger partial charge in [0.25, 0.3) is 0 Å². The molecule has 100 valence electrons. The molecule has 0 radical (unpaired) electrons. The highest BCUT2D eigenvalue weighted by molar-refractivity contribution is 5.78. The van der Waals surface area contributed by atoms with Crippen LogP contribution < -0.4 is 5.32 Å². The Hall–Kier alpha value is -1.32. The predicted octanol–water partition coefficient (Wildman–Crippen LogP) is 2.11. The van der Waals surface area contributed by atoms with Crippen LogP contribution in [0.5, 0.6) is 0 Å². The molecule has 1 aromatic heterocycles. The van der Waals surface area contributed by atoms with Crippen LogP contribution in [0.1, 0.15) is 49.9 Å². The fourth-order valence-corrected chi connectivity index (χ4v) is 2.70. The summed E-state index contributed by atoms with van der Waals surface area (Å²) < 4.78 is 1.79. The quantitative estimate of drug-likeness (QED) is 0.834. The Kier molecular flexibility index (Phi) is 4.39. The molecule has 1 aliphatic rings. The minimum absolute atomic E-state index is 0.130. The van der Waals surface area contributed by atoms with Gasteiger partial charge in [-0.05, 0) is 25.8 Å². The van der Waals surface area contributed by atoms with Crippen molar-refractivity contribution in [3.63, 3.8) is 0 Å². The smallest absolute Gasteiger partial charge is 0.226 e. The van der Waals surface area contributed by atoms with Gasteiger partial charge in [-0.1, -0.05) is 25.7 Å². The normalized spacial score (nSPS) is 17.4. The number of nitrogens with one attached hydrogen (secondary N) is 1. The van der Waals surface area contributed by atoms with Gasteiger partial charge in [0.1, 0.15) is 0 Å². The van der Waals surface area contributed by atoms with Gasteiger partial charge in [-0.15, -0.1) is 0 Å². The van der Waals surface area contributed by atoms with E-state index < -0.39 is 0 Å². The maximum absolute atomic E-state index is 12.0. The van der Waals surface area contributed by atoms with Crippen molar-refractivity contribution in [2.75, 3.05) is 0 Å². The average Bonchev–Trinajstić information content (AvgIpc) is 2.54. The second kappa shape index (κ2) is 6.03. The third-order valence-electron chi connectivity index (χ3n) is 3.66. The molecule has 1 saturated carbocycles. The molecule has 0 aliphatic heterocycles. The molecular formula is C14H23N3O. The second-order valence-electron chi connectivity index (χ2n) is 5.33. The summed E-state index contributed by atoms with van der Waals surface area (Å²) in [6.45, 7) is 1.95. The van der Waals surface area contributed by atoms with Crippen LogP contribution in [0.3, 0.4) is 0 Å². The van der Waals surface area contributed by atoms with E-state index in [-0.39, 0.29) is 5.91 Å². The van der Waals surface area contributed by atoms with Gasteiger partial charge in [0.2, 0.25) is 5.91 Å². The minimum Gasteiger partial charge on any atom is -0.353 e. The lowest BCUT2D eigenvalue weighted by molar-refractivity contribution is -0.121. The number of hydrogen-bond donors (Lipinski definition) is 1. The molecule has 1 N–H and O–H groups in total. The lowest BCUT2D eigenvalue weighted by Gasteiger charge is -2.16. The van der Waals surface area contributed by atoms with Gasteiger partial charge in [0.05, 0.1) is 12.1 Å². The summed E-state index contributed by atoms with van der Waals surface area (Å²) in [6.07, 6.45) is 7.83. The summed E-state index contributed by atoms with van der Waals surface area (Å²) in [5.41, 5.74) is 1.95. The number of aromatic nitrogens is 2.